The number of hydrogen-bond acceptors (Lipinski definition) is 2. The number of alkyl halides is 1. The van der Waals surface area contributed by atoms with Gasteiger partial charge in [0, 0.05) is 5.92 Å². The Morgan fingerprint density at radius 1 is 1.89 bits per heavy atom. The average molecular weight is 149 g/mol. The Morgan fingerprint density at radius 2 is 2.56 bits per heavy atom. The Labute approximate surface area is 59.1 Å². The fourth-order valence-corrected chi connectivity index (χ4v) is 1.28. The van der Waals surface area contributed by atoms with Gasteiger partial charge in [-0.3, -0.25) is 4.79 Å². The summed E-state index contributed by atoms with van der Waals surface area (Å²) in [6, 6.07) is 0. The van der Waals surface area contributed by atoms with Crippen LogP contribution in [0, 0.1) is 5.92 Å². The van der Waals surface area contributed by atoms with E-state index >= 15 is 0 Å². The highest BCUT2D eigenvalue weighted by molar-refractivity contribution is 6.18. The summed E-state index contributed by atoms with van der Waals surface area (Å²) in [6.45, 7) is 1.97. The molecule has 0 saturated carbocycles. The number of carbonyl (C=O) groups is 1. The fraction of sp³-hybridized carbons (Fsp3) is 0.833. The molecule has 3 heteroatoms. The van der Waals surface area contributed by atoms with Crippen LogP contribution in [0.15, 0.2) is 0 Å². The van der Waals surface area contributed by atoms with E-state index in [-0.39, 0.29) is 12.1 Å². The molecule has 0 aromatic carbocycles. The highest BCUT2D eigenvalue weighted by atomic mass is 35.5. The molecule has 1 fully saturated rings. The van der Waals surface area contributed by atoms with Gasteiger partial charge in [-0.1, -0.05) is 6.92 Å². The number of hydrogen-bond donors (Lipinski definition) is 0. The Balaban J connectivity index is 2.47. The van der Waals surface area contributed by atoms with E-state index in [9.17, 15) is 4.79 Å². The number of carbonyl (C=O) groups excluding carboxylic acids is 1. The van der Waals surface area contributed by atoms with Gasteiger partial charge in [-0.25, -0.2) is 0 Å². The lowest BCUT2D eigenvalue weighted by Crippen LogP contribution is -2.14. The normalized spacial score (nSPS) is 34.7. The summed E-state index contributed by atoms with van der Waals surface area (Å²) in [5, 5.41) is 0. The summed E-state index contributed by atoms with van der Waals surface area (Å²) in [5.41, 5.74) is 0. The van der Waals surface area contributed by atoms with Crippen molar-refractivity contribution in [1.82, 2.24) is 0 Å². The first-order chi connectivity index (χ1) is 4.24. The third-order valence-electron chi connectivity index (χ3n) is 1.56. The molecule has 2 atom stereocenters. The van der Waals surface area contributed by atoms with Crippen LogP contribution in [-0.4, -0.2) is 18.0 Å². The van der Waals surface area contributed by atoms with Crippen LogP contribution in [0.3, 0.4) is 0 Å². The molecule has 1 heterocycles. The second-order valence-electron chi connectivity index (χ2n) is 2.36. The summed E-state index contributed by atoms with van der Waals surface area (Å²) >= 11 is 5.49. The predicted molar refractivity (Wildman–Crippen MR) is 34.4 cm³/mol. The molecular formula is C6H9ClO2. The third kappa shape index (κ3) is 1.36. The molecule has 0 amide bonds. The molecule has 1 aliphatic heterocycles. The first-order valence-corrected chi connectivity index (χ1v) is 3.53. The molecule has 0 bridgehead atoms. The van der Waals surface area contributed by atoms with Crippen molar-refractivity contribution in [2.75, 3.05) is 5.88 Å². The Kier molecular flexibility index (Phi) is 1.96. The van der Waals surface area contributed by atoms with Crippen molar-refractivity contribution in [1.29, 1.82) is 0 Å². The molecule has 52 valence electrons. The monoisotopic (exact) mass is 148 g/mol. The van der Waals surface area contributed by atoms with Crippen LogP contribution in [0.25, 0.3) is 0 Å². The minimum atomic E-state index is -0.117. The summed E-state index contributed by atoms with van der Waals surface area (Å²) in [4.78, 5) is 10.5. The molecule has 9 heavy (non-hydrogen) atoms. The Morgan fingerprint density at radius 3 is 2.78 bits per heavy atom. The lowest BCUT2D eigenvalue weighted by molar-refractivity contribution is -0.140. The van der Waals surface area contributed by atoms with E-state index in [1.54, 1.807) is 0 Å². The van der Waals surface area contributed by atoms with Gasteiger partial charge in [-0.15, -0.1) is 11.6 Å². The molecule has 1 rings (SSSR count). The minimum Gasteiger partial charge on any atom is -0.461 e. The van der Waals surface area contributed by atoms with Crippen molar-refractivity contribution in [3.8, 4) is 0 Å². The first kappa shape index (κ1) is 6.87. The summed E-state index contributed by atoms with van der Waals surface area (Å²) in [5.74, 6) is 0.607. The van der Waals surface area contributed by atoms with Gasteiger partial charge in [0.2, 0.25) is 0 Å². The number of ether oxygens (including phenoxy) is 1. The molecule has 1 saturated heterocycles. The Bertz CT molecular complexity index is 124. The molecule has 0 aromatic rings. The zero-order chi connectivity index (χ0) is 6.85. The van der Waals surface area contributed by atoms with Crippen LogP contribution in [0.4, 0.5) is 0 Å². The van der Waals surface area contributed by atoms with Gasteiger partial charge in [0.1, 0.15) is 6.10 Å². The van der Waals surface area contributed by atoms with E-state index in [4.69, 9.17) is 16.3 Å². The summed E-state index contributed by atoms with van der Waals surface area (Å²) in [6.07, 6.45) is 0.483. The van der Waals surface area contributed by atoms with E-state index in [0.29, 0.717) is 18.2 Å². The fourth-order valence-electron chi connectivity index (χ4n) is 0.911. The van der Waals surface area contributed by atoms with Gasteiger partial charge >= 0.3 is 5.97 Å². The van der Waals surface area contributed by atoms with Crippen LogP contribution in [0.5, 0.6) is 0 Å². The number of rotatable bonds is 1. The Hall–Kier alpha value is -0.240. The summed E-state index contributed by atoms with van der Waals surface area (Å²) in [7, 11) is 0. The van der Waals surface area contributed by atoms with Crippen molar-refractivity contribution in [2.24, 2.45) is 5.92 Å². The van der Waals surface area contributed by atoms with Crippen LogP contribution in [0.1, 0.15) is 13.3 Å². The minimum absolute atomic E-state index is 0.0424. The van der Waals surface area contributed by atoms with Gasteiger partial charge < -0.3 is 4.74 Å². The van der Waals surface area contributed by atoms with E-state index in [2.05, 4.69) is 0 Å². The van der Waals surface area contributed by atoms with Gasteiger partial charge in [0.15, 0.2) is 0 Å². The van der Waals surface area contributed by atoms with E-state index in [0.717, 1.165) is 0 Å². The van der Waals surface area contributed by atoms with Gasteiger partial charge in [0.25, 0.3) is 0 Å². The van der Waals surface area contributed by atoms with E-state index in [1.807, 2.05) is 6.92 Å². The maximum Gasteiger partial charge on any atom is 0.306 e. The second-order valence-corrected chi connectivity index (χ2v) is 2.67. The zero-order valence-electron chi connectivity index (χ0n) is 5.26. The number of cyclic esters (lactones) is 1. The summed E-state index contributed by atoms with van der Waals surface area (Å²) < 4.78 is 4.85. The SMILES string of the molecule is CC1CC(=O)OC1CCl. The molecule has 2 nitrogen and oxygen atoms in total. The molecule has 0 aromatic heterocycles. The maximum atomic E-state index is 10.5. The molecule has 0 aliphatic carbocycles. The van der Waals surface area contributed by atoms with Crippen molar-refractivity contribution >= 4 is 17.6 Å². The topological polar surface area (TPSA) is 26.3 Å². The van der Waals surface area contributed by atoms with Crippen molar-refractivity contribution in [2.45, 2.75) is 19.4 Å². The third-order valence-corrected chi connectivity index (χ3v) is 1.86. The first-order valence-electron chi connectivity index (χ1n) is 2.99. The smallest absolute Gasteiger partial charge is 0.306 e. The van der Waals surface area contributed by atoms with Gasteiger partial charge in [-0.05, 0) is 0 Å². The maximum absolute atomic E-state index is 10.5. The van der Waals surface area contributed by atoms with E-state index < -0.39 is 0 Å². The molecule has 0 spiro atoms. The van der Waals surface area contributed by atoms with E-state index in [1.165, 1.54) is 0 Å². The van der Waals surface area contributed by atoms with Crippen LogP contribution in [-0.2, 0) is 9.53 Å². The van der Waals surface area contributed by atoms with Crippen molar-refractivity contribution in [3.63, 3.8) is 0 Å². The molecule has 0 radical (unpaired) electrons. The lowest BCUT2D eigenvalue weighted by Gasteiger charge is -2.07. The largest absolute Gasteiger partial charge is 0.461 e. The highest BCUT2D eigenvalue weighted by Gasteiger charge is 2.30. The van der Waals surface area contributed by atoms with Crippen LogP contribution >= 0.6 is 11.6 Å². The predicted octanol–water partition coefficient (Wildman–Crippen LogP) is 1.18. The average Bonchev–Trinajstić information content (AvgIpc) is 2.10. The molecule has 2 unspecified atom stereocenters. The van der Waals surface area contributed by atoms with Crippen LogP contribution < -0.4 is 0 Å². The zero-order valence-corrected chi connectivity index (χ0v) is 6.02. The molecule has 1 aliphatic rings. The van der Waals surface area contributed by atoms with Gasteiger partial charge in [-0.2, -0.15) is 0 Å². The molecular weight excluding hydrogens is 140 g/mol. The quantitative estimate of drug-likeness (QED) is 0.412. The van der Waals surface area contributed by atoms with Crippen LogP contribution in [0.2, 0.25) is 0 Å². The van der Waals surface area contributed by atoms with Crippen molar-refractivity contribution in [3.05, 3.63) is 0 Å². The number of halogens is 1. The van der Waals surface area contributed by atoms with Gasteiger partial charge in [0.05, 0.1) is 12.3 Å². The standard InChI is InChI=1S/C6H9ClO2/c1-4-2-6(8)9-5(4)3-7/h4-5H,2-3H2,1H3. The molecule has 0 N–H and O–H groups in total. The second kappa shape index (κ2) is 2.56. The number of esters is 1. The highest BCUT2D eigenvalue weighted by Crippen LogP contribution is 2.21. The van der Waals surface area contributed by atoms with Crippen molar-refractivity contribution < 1.29 is 9.53 Å². The lowest BCUT2D eigenvalue weighted by atomic mass is 10.1.